The Morgan fingerprint density at radius 1 is 1.32 bits per heavy atom. The first kappa shape index (κ1) is 16.7. The second kappa shape index (κ2) is 6.64. The molecular formula is C15H22BrN5O. The summed E-state index contributed by atoms with van der Waals surface area (Å²) in [7, 11) is 0. The number of aryl methyl sites for hydroxylation is 2. The zero-order valence-corrected chi connectivity index (χ0v) is 15.2. The fraction of sp³-hybridized carbons (Fsp3) is 0.533. The Morgan fingerprint density at radius 2 is 2.00 bits per heavy atom. The first-order valence-corrected chi connectivity index (χ1v) is 8.17. The smallest absolute Gasteiger partial charge is 0.229 e. The number of halogens is 1. The summed E-state index contributed by atoms with van der Waals surface area (Å²) in [5.74, 6) is -0.211. The summed E-state index contributed by atoms with van der Waals surface area (Å²) in [6.07, 6.45) is 1.70. The van der Waals surface area contributed by atoms with E-state index >= 15 is 0 Å². The predicted molar refractivity (Wildman–Crippen MR) is 89.8 cm³/mol. The third-order valence-corrected chi connectivity index (χ3v) is 5.00. The minimum absolute atomic E-state index is 0.0255. The van der Waals surface area contributed by atoms with Crippen LogP contribution in [0.4, 0.5) is 5.69 Å². The fourth-order valence-corrected chi connectivity index (χ4v) is 2.62. The molecule has 0 spiro atoms. The molecule has 120 valence electrons. The van der Waals surface area contributed by atoms with Crippen molar-refractivity contribution in [2.24, 2.45) is 5.92 Å². The highest BCUT2D eigenvalue weighted by atomic mass is 79.9. The van der Waals surface area contributed by atoms with Gasteiger partial charge in [-0.2, -0.15) is 10.2 Å². The quantitative estimate of drug-likeness (QED) is 0.882. The van der Waals surface area contributed by atoms with Gasteiger partial charge in [0.2, 0.25) is 5.91 Å². The molecule has 0 aromatic carbocycles. The van der Waals surface area contributed by atoms with Crippen molar-refractivity contribution in [3.63, 3.8) is 0 Å². The van der Waals surface area contributed by atoms with Gasteiger partial charge >= 0.3 is 0 Å². The minimum Gasteiger partial charge on any atom is -0.323 e. The van der Waals surface area contributed by atoms with Crippen molar-refractivity contribution in [1.82, 2.24) is 19.6 Å². The molecule has 0 aliphatic carbocycles. The van der Waals surface area contributed by atoms with Crippen LogP contribution in [-0.4, -0.2) is 25.5 Å². The van der Waals surface area contributed by atoms with Crippen molar-refractivity contribution in [2.45, 2.75) is 47.7 Å². The van der Waals surface area contributed by atoms with Gasteiger partial charge in [0.05, 0.1) is 40.2 Å². The summed E-state index contributed by atoms with van der Waals surface area (Å²) in [6.45, 7) is 11.1. The predicted octanol–water partition coefficient (Wildman–Crippen LogP) is 3.06. The number of rotatable bonds is 5. The van der Waals surface area contributed by atoms with Gasteiger partial charge in [-0.15, -0.1) is 0 Å². The molecule has 1 N–H and O–H groups in total. The number of nitrogens with one attached hydrogen (secondary N) is 1. The second-order valence-electron chi connectivity index (χ2n) is 5.52. The maximum Gasteiger partial charge on any atom is 0.229 e. The van der Waals surface area contributed by atoms with E-state index < -0.39 is 0 Å². The molecule has 0 saturated heterocycles. The summed E-state index contributed by atoms with van der Waals surface area (Å²) in [6, 6.07) is 0. The lowest BCUT2D eigenvalue weighted by Gasteiger charge is -2.13. The highest BCUT2D eigenvalue weighted by Gasteiger charge is 2.18. The number of hydrogen-bond donors (Lipinski definition) is 1. The largest absolute Gasteiger partial charge is 0.323 e. The molecule has 2 heterocycles. The average Bonchev–Trinajstić information content (AvgIpc) is 2.95. The molecule has 2 rings (SSSR count). The maximum absolute atomic E-state index is 12.4. The summed E-state index contributed by atoms with van der Waals surface area (Å²) in [5, 5.41) is 11.6. The Hall–Kier alpha value is -1.63. The van der Waals surface area contributed by atoms with Crippen LogP contribution in [0.15, 0.2) is 10.7 Å². The summed E-state index contributed by atoms with van der Waals surface area (Å²) in [5.41, 5.74) is 3.71. The molecule has 7 heteroatoms. The van der Waals surface area contributed by atoms with Gasteiger partial charge in [0, 0.05) is 12.2 Å². The van der Waals surface area contributed by atoms with Gasteiger partial charge in [-0.05, 0) is 43.6 Å². The number of nitrogens with zero attached hydrogens (tertiary/aromatic N) is 4. The summed E-state index contributed by atoms with van der Waals surface area (Å²) >= 11 is 3.51. The topological polar surface area (TPSA) is 64.7 Å². The van der Waals surface area contributed by atoms with Crippen LogP contribution in [0.3, 0.4) is 0 Å². The fourth-order valence-electron chi connectivity index (χ4n) is 2.34. The Morgan fingerprint density at radius 3 is 2.50 bits per heavy atom. The van der Waals surface area contributed by atoms with Crippen LogP contribution in [-0.2, 0) is 17.9 Å². The van der Waals surface area contributed by atoms with E-state index in [1.54, 1.807) is 6.20 Å². The van der Waals surface area contributed by atoms with E-state index in [4.69, 9.17) is 0 Å². The molecule has 2 aromatic heterocycles. The van der Waals surface area contributed by atoms with Crippen molar-refractivity contribution >= 4 is 27.5 Å². The molecule has 22 heavy (non-hydrogen) atoms. The third-order valence-electron chi connectivity index (χ3n) is 3.85. The number of anilines is 1. The average molecular weight is 368 g/mol. The van der Waals surface area contributed by atoms with Crippen molar-refractivity contribution in [3.05, 3.63) is 27.8 Å². The van der Waals surface area contributed by atoms with Crippen molar-refractivity contribution in [2.75, 3.05) is 5.32 Å². The van der Waals surface area contributed by atoms with Gasteiger partial charge in [0.15, 0.2) is 0 Å². The Labute approximate surface area is 139 Å². The van der Waals surface area contributed by atoms with Gasteiger partial charge in [0.1, 0.15) is 0 Å². The Balaban J connectivity index is 2.05. The molecule has 0 aliphatic rings. The number of hydrogen-bond acceptors (Lipinski definition) is 3. The maximum atomic E-state index is 12.4. The van der Waals surface area contributed by atoms with Crippen LogP contribution in [0, 0.1) is 26.7 Å². The van der Waals surface area contributed by atoms with E-state index in [0.29, 0.717) is 6.54 Å². The molecule has 0 aliphatic heterocycles. The lowest BCUT2D eigenvalue weighted by molar-refractivity contribution is -0.119. The van der Waals surface area contributed by atoms with Gasteiger partial charge in [0.25, 0.3) is 0 Å². The first-order chi connectivity index (χ1) is 10.3. The molecule has 0 fully saturated rings. The molecule has 6 nitrogen and oxygen atoms in total. The molecule has 0 saturated carbocycles. The third kappa shape index (κ3) is 3.24. The minimum atomic E-state index is -0.186. The van der Waals surface area contributed by atoms with E-state index in [1.165, 1.54) is 0 Å². The van der Waals surface area contributed by atoms with Crippen LogP contribution in [0.5, 0.6) is 0 Å². The standard InChI is InChI=1S/C15H22BrN5O/c1-6-20-11(4)13(7-17-20)18-15(22)9(2)8-21-12(5)14(16)10(3)19-21/h7,9H,6,8H2,1-5H3,(H,18,22). The number of aromatic nitrogens is 4. The Bertz CT molecular complexity index is 688. The Kier molecular flexibility index (Phi) is 5.05. The van der Waals surface area contributed by atoms with Crippen molar-refractivity contribution < 1.29 is 4.79 Å². The lowest BCUT2D eigenvalue weighted by atomic mass is 10.1. The van der Waals surface area contributed by atoms with Gasteiger partial charge in [-0.1, -0.05) is 6.92 Å². The van der Waals surface area contributed by atoms with Gasteiger partial charge in [-0.3, -0.25) is 14.2 Å². The molecule has 0 radical (unpaired) electrons. The molecular weight excluding hydrogens is 346 g/mol. The van der Waals surface area contributed by atoms with Crippen LogP contribution < -0.4 is 5.32 Å². The van der Waals surface area contributed by atoms with Crippen LogP contribution in [0.25, 0.3) is 0 Å². The van der Waals surface area contributed by atoms with E-state index in [9.17, 15) is 4.79 Å². The van der Waals surface area contributed by atoms with Gasteiger partial charge in [-0.25, -0.2) is 0 Å². The normalized spacial score (nSPS) is 12.5. The molecule has 2 aromatic rings. The van der Waals surface area contributed by atoms with Crippen molar-refractivity contribution in [3.8, 4) is 0 Å². The van der Waals surface area contributed by atoms with Crippen molar-refractivity contribution in [1.29, 1.82) is 0 Å². The van der Waals surface area contributed by atoms with Gasteiger partial charge < -0.3 is 5.32 Å². The van der Waals surface area contributed by atoms with E-state index in [0.717, 1.165) is 33.8 Å². The van der Waals surface area contributed by atoms with E-state index in [1.807, 2.05) is 44.0 Å². The number of carbonyl (C=O) groups excluding carboxylic acids is 1. The van der Waals surface area contributed by atoms with E-state index in [-0.39, 0.29) is 11.8 Å². The lowest BCUT2D eigenvalue weighted by Crippen LogP contribution is -2.25. The molecule has 1 unspecified atom stereocenters. The number of carbonyl (C=O) groups is 1. The number of amides is 1. The molecule has 1 atom stereocenters. The summed E-state index contributed by atoms with van der Waals surface area (Å²) in [4.78, 5) is 12.4. The van der Waals surface area contributed by atoms with Crippen LogP contribution >= 0.6 is 15.9 Å². The molecule has 1 amide bonds. The monoisotopic (exact) mass is 367 g/mol. The summed E-state index contributed by atoms with van der Waals surface area (Å²) < 4.78 is 4.73. The second-order valence-corrected chi connectivity index (χ2v) is 6.31. The first-order valence-electron chi connectivity index (χ1n) is 7.37. The van der Waals surface area contributed by atoms with Crippen LogP contribution in [0.2, 0.25) is 0 Å². The SMILES string of the molecule is CCn1ncc(NC(=O)C(C)Cn2nc(C)c(Br)c2C)c1C. The highest BCUT2D eigenvalue weighted by molar-refractivity contribution is 9.10. The van der Waals surface area contributed by atoms with E-state index in [2.05, 4.69) is 31.4 Å². The zero-order valence-electron chi connectivity index (χ0n) is 13.6. The highest BCUT2D eigenvalue weighted by Crippen LogP contribution is 2.21. The van der Waals surface area contributed by atoms with Crippen LogP contribution in [0.1, 0.15) is 30.9 Å². The molecule has 0 bridgehead atoms. The zero-order chi connectivity index (χ0) is 16.4.